The molecule has 17 heavy (non-hydrogen) atoms. The molecule has 5 nitrogen and oxygen atoms in total. The fourth-order valence-corrected chi connectivity index (χ4v) is 2.39. The highest BCUT2D eigenvalue weighted by molar-refractivity contribution is 6.11. The van der Waals surface area contributed by atoms with Crippen molar-refractivity contribution in [2.75, 3.05) is 13.2 Å². The molecule has 0 aromatic heterocycles. The zero-order chi connectivity index (χ0) is 12.3. The summed E-state index contributed by atoms with van der Waals surface area (Å²) in [5, 5.41) is 9.11. The Kier molecular flexibility index (Phi) is 4.87. The molecular weight excluding hydrogens is 222 g/mol. The largest absolute Gasteiger partial charge is 0.394 e. The number of hydrogen-bond donors (Lipinski definition) is 1. The van der Waals surface area contributed by atoms with Crippen molar-refractivity contribution in [1.29, 1.82) is 0 Å². The summed E-state index contributed by atoms with van der Waals surface area (Å²) in [6.07, 6.45) is 2.55. The first-order valence-corrected chi connectivity index (χ1v) is 6.39. The number of hydrogen-bond acceptors (Lipinski definition) is 5. The molecule has 0 saturated carbocycles. The van der Waals surface area contributed by atoms with Gasteiger partial charge in [-0.15, -0.1) is 0 Å². The van der Waals surface area contributed by atoms with Crippen LogP contribution in [-0.4, -0.2) is 64.3 Å². The monoisotopic (exact) mass is 242 g/mol. The van der Waals surface area contributed by atoms with E-state index in [0.29, 0.717) is 12.6 Å². The zero-order valence-electron chi connectivity index (χ0n) is 10.5. The third kappa shape index (κ3) is 3.69. The van der Waals surface area contributed by atoms with Gasteiger partial charge in [0.05, 0.1) is 12.7 Å². The van der Waals surface area contributed by atoms with E-state index in [-0.39, 0.29) is 30.9 Å². The standard InChI is InChI=1S/C10H20B2O5/c11-9-2-1-6(15-9)5-14-17-7-3-10(12)16-8(7)4-13/h6-10,13H,1-5,11-12H2/t6-,7+,8?,9+,10+/m0/s1. The van der Waals surface area contributed by atoms with E-state index in [1.165, 1.54) is 0 Å². The van der Waals surface area contributed by atoms with E-state index in [1.54, 1.807) is 0 Å². The average molecular weight is 242 g/mol. The van der Waals surface area contributed by atoms with Crippen molar-refractivity contribution in [3.8, 4) is 0 Å². The lowest BCUT2D eigenvalue weighted by molar-refractivity contribution is -0.339. The Labute approximate surface area is 103 Å². The van der Waals surface area contributed by atoms with Gasteiger partial charge in [-0.05, 0) is 19.3 Å². The first-order chi connectivity index (χ1) is 8.19. The Bertz CT molecular complexity index is 243. The van der Waals surface area contributed by atoms with E-state index in [9.17, 15) is 0 Å². The van der Waals surface area contributed by atoms with E-state index >= 15 is 0 Å². The minimum Gasteiger partial charge on any atom is -0.394 e. The normalized spacial score (nSPS) is 42.1. The van der Waals surface area contributed by atoms with Crippen LogP contribution in [0.3, 0.4) is 0 Å². The molecule has 0 aromatic rings. The van der Waals surface area contributed by atoms with Gasteiger partial charge in [-0.1, -0.05) is 0 Å². The molecule has 2 rings (SSSR count). The quantitative estimate of drug-likeness (QED) is 0.349. The molecule has 2 fully saturated rings. The molecule has 1 unspecified atom stereocenters. The van der Waals surface area contributed by atoms with Crippen LogP contribution in [0.25, 0.3) is 0 Å². The second-order valence-electron chi connectivity index (χ2n) is 4.97. The third-order valence-corrected chi connectivity index (χ3v) is 3.33. The molecule has 2 aliphatic rings. The van der Waals surface area contributed by atoms with Crippen LogP contribution in [0.4, 0.5) is 0 Å². The van der Waals surface area contributed by atoms with Crippen molar-refractivity contribution in [2.24, 2.45) is 0 Å². The minimum atomic E-state index is -0.270. The van der Waals surface area contributed by atoms with Gasteiger partial charge in [-0.3, -0.25) is 0 Å². The summed E-state index contributed by atoms with van der Waals surface area (Å²) in [7, 11) is 4.03. The Morgan fingerprint density at radius 3 is 2.65 bits per heavy atom. The molecule has 0 aliphatic carbocycles. The molecule has 0 bridgehead atoms. The van der Waals surface area contributed by atoms with Crippen LogP contribution in [0.1, 0.15) is 19.3 Å². The predicted octanol–water partition coefficient (Wildman–Crippen LogP) is -1.82. The molecule has 0 amide bonds. The molecule has 2 saturated heterocycles. The van der Waals surface area contributed by atoms with E-state index < -0.39 is 0 Å². The SMILES string of the molecule is B[C@H]1C[C@@H](OOC[C@@H]2CC[C@H](B)O2)C(CO)O1. The van der Waals surface area contributed by atoms with E-state index in [1.807, 2.05) is 7.85 Å². The Hall–Kier alpha value is -0.0701. The van der Waals surface area contributed by atoms with Gasteiger partial charge in [-0.2, -0.15) is 0 Å². The Morgan fingerprint density at radius 1 is 1.18 bits per heavy atom. The average Bonchev–Trinajstić information content (AvgIpc) is 2.85. The molecule has 0 aromatic carbocycles. The lowest BCUT2D eigenvalue weighted by Gasteiger charge is -2.17. The van der Waals surface area contributed by atoms with E-state index in [2.05, 4.69) is 7.85 Å². The van der Waals surface area contributed by atoms with Gasteiger partial charge in [-0.25, -0.2) is 9.78 Å². The number of aliphatic hydroxyl groups is 1. The van der Waals surface area contributed by atoms with Crippen LogP contribution in [0.5, 0.6) is 0 Å². The smallest absolute Gasteiger partial charge is 0.139 e. The van der Waals surface area contributed by atoms with Gasteiger partial charge in [0.1, 0.15) is 34.5 Å². The van der Waals surface area contributed by atoms with E-state index in [4.69, 9.17) is 24.4 Å². The molecule has 5 atom stereocenters. The van der Waals surface area contributed by atoms with Crippen molar-refractivity contribution in [3.63, 3.8) is 0 Å². The van der Waals surface area contributed by atoms with Crippen molar-refractivity contribution < 1.29 is 24.4 Å². The molecule has 2 heterocycles. The highest BCUT2D eigenvalue weighted by atomic mass is 17.2. The summed E-state index contributed by atoms with van der Waals surface area (Å²) < 4.78 is 11.1. The van der Waals surface area contributed by atoms with Crippen LogP contribution in [0.15, 0.2) is 0 Å². The Balaban J connectivity index is 1.64. The maximum Gasteiger partial charge on any atom is 0.139 e. The topological polar surface area (TPSA) is 57.2 Å². The van der Waals surface area contributed by atoms with Crippen LogP contribution in [0.2, 0.25) is 0 Å². The highest BCUT2D eigenvalue weighted by Crippen LogP contribution is 2.22. The number of aliphatic hydroxyl groups excluding tert-OH is 1. The maximum atomic E-state index is 9.11. The highest BCUT2D eigenvalue weighted by Gasteiger charge is 2.34. The molecule has 7 heteroatoms. The van der Waals surface area contributed by atoms with Gasteiger partial charge in [0.25, 0.3) is 0 Å². The lowest BCUT2D eigenvalue weighted by atomic mass is 9.96. The Morgan fingerprint density at radius 2 is 2.00 bits per heavy atom. The van der Waals surface area contributed by atoms with Gasteiger partial charge in [0.2, 0.25) is 0 Å². The third-order valence-electron chi connectivity index (χ3n) is 3.33. The molecule has 0 radical (unpaired) electrons. The van der Waals surface area contributed by atoms with Crippen LogP contribution < -0.4 is 0 Å². The fraction of sp³-hybridized carbons (Fsp3) is 1.00. The summed E-state index contributed by atoms with van der Waals surface area (Å²) in [4.78, 5) is 10.5. The summed E-state index contributed by atoms with van der Waals surface area (Å²) >= 11 is 0. The van der Waals surface area contributed by atoms with Crippen molar-refractivity contribution in [1.82, 2.24) is 0 Å². The minimum absolute atomic E-state index is 0.0324. The summed E-state index contributed by atoms with van der Waals surface area (Å²) in [6.45, 7) is 0.419. The second kappa shape index (κ2) is 6.20. The predicted molar refractivity (Wildman–Crippen MR) is 66.2 cm³/mol. The number of rotatable bonds is 5. The molecule has 1 N–H and O–H groups in total. The first-order valence-electron chi connectivity index (χ1n) is 6.39. The first kappa shape index (κ1) is 13.4. The van der Waals surface area contributed by atoms with Gasteiger partial charge < -0.3 is 14.6 Å². The summed E-state index contributed by atoms with van der Waals surface area (Å²) in [5.41, 5.74) is 0. The zero-order valence-corrected chi connectivity index (χ0v) is 10.5. The van der Waals surface area contributed by atoms with Crippen LogP contribution in [0, 0.1) is 0 Å². The second-order valence-corrected chi connectivity index (χ2v) is 4.97. The van der Waals surface area contributed by atoms with Gasteiger partial charge in [0, 0.05) is 12.0 Å². The molecule has 2 aliphatic heterocycles. The molecular formula is C10H20B2O5. The van der Waals surface area contributed by atoms with Crippen LogP contribution >= 0.6 is 0 Å². The molecule has 0 spiro atoms. The van der Waals surface area contributed by atoms with Crippen LogP contribution in [-0.2, 0) is 19.2 Å². The van der Waals surface area contributed by atoms with Crippen molar-refractivity contribution in [3.05, 3.63) is 0 Å². The fourth-order valence-electron chi connectivity index (χ4n) is 2.39. The van der Waals surface area contributed by atoms with Crippen molar-refractivity contribution in [2.45, 2.75) is 49.6 Å². The molecule has 96 valence electrons. The summed E-state index contributed by atoms with van der Waals surface area (Å²) in [6, 6.07) is 0.437. The summed E-state index contributed by atoms with van der Waals surface area (Å²) in [5.74, 6) is 0. The van der Waals surface area contributed by atoms with Gasteiger partial charge >= 0.3 is 0 Å². The van der Waals surface area contributed by atoms with Gasteiger partial charge in [0.15, 0.2) is 0 Å². The number of ether oxygens (including phenoxy) is 2. The van der Waals surface area contributed by atoms with Crippen molar-refractivity contribution >= 4 is 15.7 Å². The lowest BCUT2D eigenvalue weighted by Crippen LogP contribution is -2.29. The van der Waals surface area contributed by atoms with E-state index in [0.717, 1.165) is 19.3 Å². The maximum absolute atomic E-state index is 9.11.